The topological polar surface area (TPSA) is 95.9 Å². The molecule has 3 N–H and O–H groups in total. The van der Waals surface area contributed by atoms with E-state index < -0.39 is 12.1 Å². The van der Waals surface area contributed by atoms with Crippen LogP contribution in [0.4, 0.5) is 0 Å². The van der Waals surface area contributed by atoms with E-state index in [1.54, 1.807) is 6.08 Å². The number of nitrogens with one attached hydrogen (secondary N) is 1. The van der Waals surface area contributed by atoms with Gasteiger partial charge in [0.2, 0.25) is 5.91 Å². The van der Waals surface area contributed by atoms with Crippen molar-refractivity contribution in [2.75, 3.05) is 13.2 Å². The maximum atomic E-state index is 12.4. The number of hydrogen-bond acceptors (Lipinski definition) is 5. The molecule has 0 aliphatic rings. The average molecular weight is 987 g/mol. The third-order valence-corrected chi connectivity index (χ3v) is 14.7. The van der Waals surface area contributed by atoms with Crippen molar-refractivity contribution in [3.63, 3.8) is 0 Å². The quantitative estimate of drug-likeness (QED) is 0.0321. The zero-order valence-electron chi connectivity index (χ0n) is 47.3. The molecule has 0 aromatic carbocycles. The van der Waals surface area contributed by atoms with Gasteiger partial charge in [-0.25, -0.2) is 0 Å². The van der Waals surface area contributed by atoms with Crippen molar-refractivity contribution in [2.24, 2.45) is 0 Å². The number of rotatable bonds is 59. The van der Waals surface area contributed by atoms with Crippen molar-refractivity contribution in [1.82, 2.24) is 5.32 Å². The van der Waals surface area contributed by atoms with Gasteiger partial charge in [0.05, 0.1) is 25.4 Å². The van der Waals surface area contributed by atoms with Crippen LogP contribution < -0.4 is 5.32 Å². The predicted octanol–water partition coefficient (Wildman–Crippen LogP) is 19.8. The molecule has 0 aromatic heterocycles. The van der Waals surface area contributed by atoms with E-state index in [9.17, 15) is 19.8 Å². The lowest BCUT2D eigenvalue weighted by Crippen LogP contribution is -2.45. The van der Waals surface area contributed by atoms with E-state index >= 15 is 0 Å². The Bertz CT molecular complexity index is 1090. The van der Waals surface area contributed by atoms with Crippen molar-refractivity contribution >= 4 is 11.9 Å². The Labute approximate surface area is 437 Å². The number of hydrogen-bond donors (Lipinski definition) is 3. The van der Waals surface area contributed by atoms with Gasteiger partial charge in [-0.2, -0.15) is 0 Å². The van der Waals surface area contributed by atoms with Crippen LogP contribution in [0.15, 0.2) is 24.3 Å². The molecule has 0 aromatic rings. The molecule has 0 bridgehead atoms. The lowest BCUT2D eigenvalue weighted by molar-refractivity contribution is -0.143. The molecule has 0 saturated carbocycles. The molecule has 0 spiro atoms. The first-order chi connectivity index (χ1) is 34.5. The molecule has 0 radical (unpaired) electrons. The van der Waals surface area contributed by atoms with Crippen molar-refractivity contribution in [1.29, 1.82) is 0 Å². The molecule has 2 atom stereocenters. The normalized spacial score (nSPS) is 12.7. The molecule has 0 saturated heterocycles. The lowest BCUT2D eigenvalue weighted by Gasteiger charge is -2.20. The molecular weight excluding hydrogens is 863 g/mol. The Morgan fingerprint density at radius 1 is 0.386 bits per heavy atom. The summed E-state index contributed by atoms with van der Waals surface area (Å²) in [4.78, 5) is 24.4. The van der Waals surface area contributed by atoms with E-state index in [0.717, 1.165) is 38.5 Å². The SMILES string of the molecule is CCCCCCCCCC/C=C/C(O)C(CO)NC(=O)CCCCCCCCCCCCCCCC/C=C\CCCCCCCCCCCCCCOC(=O)CCCCCCCCCCCCCCC. The number of carbonyl (C=O) groups excluding carboxylic acids is 2. The Hall–Kier alpha value is -1.66. The monoisotopic (exact) mass is 986 g/mol. The first-order valence-electron chi connectivity index (χ1n) is 31.6. The molecule has 0 aliphatic carbocycles. The van der Waals surface area contributed by atoms with Gasteiger partial charge in [-0.3, -0.25) is 9.59 Å². The first kappa shape index (κ1) is 68.3. The Morgan fingerprint density at radius 3 is 1.01 bits per heavy atom. The van der Waals surface area contributed by atoms with Gasteiger partial charge in [-0.1, -0.05) is 301 Å². The van der Waals surface area contributed by atoms with Crippen LogP contribution in [0.3, 0.4) is 0 Å². The van der Waals surface area contributed by atoms with E-state index in [-0.39, 0.29) is 18.5 Å². The Morgan fingerprint density at radius 2 is 0.671 bits per heavy atom. The molecule has 1 amide bonds. The van der Waals surface area contributed by atoms with Gasteiger partial charge in [-0.15, -0.1) is 0 Å². The van der Waals surface area contributed by atoms with Crippen molar-refractivity contribution in [3.05, 3.63) is 24.3 Å². The summed E-state index contributed by atoms with van der Waals surface area (Å²) in [5.74, 6) is -0.0489. The molecule has 0 rings (SSSR count). The highest BCUT2D eigenvalue weighted by atomic mass is 16.5. The molecule has 0 fully saturated rings. The second-order valence-electron chi connectivity index (χ2n) is 21.7. The van der Waals surface area contributed by atoms with E-state index in [1.807, 2.05) is 6.08 Å². The van der Waals surface area contributed by atoms with Gasteiger partial charge >= 0.3 is 5.97 Å². The molecule has 0 aliphatic heterocycles. The summed E-state index contributed by atoms with van der Waals surface area (Å²) in [5, 5.41) is 23.0. The maximum Gasteiger partial charge on any atom is 0.305 e. The number of esters is 1. The second-order valence-corrected chi connectivity index (χ2v) is 21.7. The fourth-order valence-corrected chi connectivity index (χ4v) is 9.87. The summed E-state index contributed by atoms with van der Waals surface area (Å²) >= 11 is 0. The standard InChI is InChI=1S/C64H123NO5/c1-3-5-7-9-11-13-15-34-38-42-46-50-54-58-64(69)70-59-55-51-47-43-39-36-33-31-29-27-25-23-21-19-17-16-18-20-22-24-26-28-30-32-35-37-41-45-49-53-57-63(68)65-61(60-66)62(67)56-52-48-44-40-14-12-10-8-6-4-2/h17,19,52,56,61-62,66-67H,3-16,18,20-51,53-55,57-60H2,1-2H3,(H,65,68)/b19-17-,56-52+. The fourth-order valence-electron chi connectivity index (χ4n) is 9.87. The van der Waals surface area contributed by atoms with Crippen LogP contribution in [0.1, 0.15) is 348 Å². The lowest BCUT2D eigenvalue weighted by atomic mass is 10.0. The molecule has 414 valence electrons. The summed E-state index contributed by atoms with van der Waals surface area (Å²) in [6.45, 7) is 4.90. The summed E-state index contributed by atoms with van der Waals surface area (Å²) in [7, 11) is 0. The highest BCUT2D eigenvalue weighted by molar-refractivity contribution is 5.76. The number of aliphatic hydroxyl groups is 2. The minimum Gasteiger partial charge on any atom is -0.466 e. The van der Waals surface area contributed by atoms with Gasteiger partial charge in [0.25, 0.3) is 0 Å². The van der Waals surface area contributed by atoms with Crippen molar-refractivity contribution in [3.8, 4) is 0 Å². The Kier molecular flexibility index (Phi) is 58.5. The van der Waals surface area contributed by atoms with Crippen LogP contribution in [0.2, 0.25) is 0 Å². The second kappa shape index (κ2) is 59.9. The molecule has 2 unspecified atom stereocenters. The minimum absolute atomic E-state index is 0.0185. The van der Waals surface area contributed by atoms with Gasteiger partial charge in [0.1, 0.15) is 0 Å². The maximum absolute atomic E-state index is 12.4. The van der Waals surface area contributed by atoms with Crippen LogP contribution in [0.25, 0.3) is 0 Å². The van der Waals surface area contributed by atoms with Crippen LogP contribution in [-0.2, 0) is 14.3 Å². The molecule has 6 nitrogen and oxygen atoms in total. The highest BCUT2D eigenvalue weighted by Crippen LogP contribution is 2.17. The van der Waals surface area contributed by atoms with Crippen LogP contribution in [0, 0.1) is 0 Å². The van der Waals surface area contributed by atoms with Crippen LogP contribution in [-0.4, -0.2) is 47.4 Å². The summed E-state index contributed by atoms with van der Waals surface area (Å²) in [6.07, 6.45) is 73.9. The third kappa shape index (κ3) is 55.7. The molecule has 6 heteroatoms. The van der Waals surface area contributed by atoms with E-state index in [0.29, 0.717) is 19.4 Å². The molecule has 70 heavy (non-hydrogen) atoms. The van der Waals surface area contributed by atoms with E-state index in [2.05, 4.69) is 31.3 Å². The number of allylic oxidation sites excluding steroid dienone is 3. The number of aliphatic hydroxyl groups excluding tert-OH is 2. The van der Waals surface area contributed by atoms with Gasteiger partial charge < -0.3 is 20.3 Å². The fraction of sp³-hybridized carbons (Fsp3) is 0.906. The zero-order chi connectivity index (χ0) is 50.7. The third-order valence-electron chi connectivity index (χ3n) is 14.7. The van der Waals surface area contributed by atoms with Gasteiger partial charge in [-0.05, 0) is 57.8 Å². The van der Waals surface area contributed by atoms with E-state index in [4.69, 9.17) is 4.74 Å². The number of carbonyl (C=O) groups is 2. The number of ether oxygens (including phenoxy) is 1. The van der Waals surface area contributed by atoms with Crippen molar-refractivity contribution in [2.45, 2.75) is 360 Å². The average Bonchev–Trinajstić information content (AvgIpc) is 3.36. The highest BCUT2D eigenvalue weighted by Gasteiger charge is 2.18. The number of unbranched alkanes of at least 4 members (excludes halogenated alkanes) is 46. The van der Waals surface area contributed by atoms with E-state index in [1.165, 1.54) is 283 Å². The minimum atomic E-state index is -0.841. The molecule has 0 heterocycles. The summed E-state index contributed by atoms with van der Waals surface area (Å²) in [6, 6.07) is -0.624. The van der Waals surface area contributed by atoms with Crippen LogP contribution >= 0.6 is 0 Å². The van der Waals surface area contributed by atoms with Crippen LogP contribution in [0.5, 0.6) is 0 Å². The summed E-state index contributed by atoms with van der Waals surface area (Å²) in [5.41, 5.74) is 0. The van der Waals surface area contributed by atoms with Gasteiger partial charge in [0.15, 0.2) is 0 Å². The van der Waals surface area contributed by atoms with Gasteiger partial charge in [0, 0.05) is 12.8 Å². The predicted molar refractivity (Wildman–Crippen MR) is 306 cm³/mol. The smallest absolute Gasteiger partial charge is 0.305 e. The molecular formula is C64H123NO5. The summed E-state index contributed by atoms with van der Waals surface area (Å²) < 4.78 is 5.48. The Balaban J connectivity index is 3.35. The van der Waals surface area contributed by atoms with Crippen molar-refractivity contribution < 1.29 is 24.5 Å². The largest absolute Gasteiger partial charge is 0.466 e. The number of amides is 1. The first-order valence-corrected chi connectivity index (χ1v) is 31.6. The zero-order valence-corrected chi connectivity index (χ0v) is 47.3.